The summed E-state index contributed by atoms with van der Waals surface area (Å²) in [6.07, 6.45) is 3.12. The van der Waals surface area contributed by atoms with Crippen LogP contribution in [0, 0.1) is 22.7 Å². The molecule has 1 aromatic carbocycles. The number of H-pyrrole nitrogens is 1. The SMILES string of the molecule is CC(C)(C)CCN1C(=O)C(C#N)C(=O)C1Cc1c[nH]c2ccccc12. The molecule has 5 heteroatoms. The zero-order chi connectivity index (χ0) is 18.2. The van der Waals surface area contributed by atoms with Crippen molar-refractivity contribution in [1.82, 2.24) is 9.88 Å². The first kappa shape index (κ1) is 17.2. The second kappa shape index (κ2) is 6.36. The lowest BCUT2D eigenvalue weighted by molar-refractivity contribution is -0.131. The lowest BCUT2D eigenvalue weighted by Gasteiger charge is -2.27. The van der Waals surface area contributed by atoms with Gasteiger partial charge in [-0.2, -0.15) is 5.26 Å². The van der Waals surface area contributed by atoms with Gasteiger partial charge in [0.2, 0.25) is 5.91 Å². The summed E-state index contributed by atoms with van der Waals surface area (Å²) in [5.41, 5.74) is 2.06. The number of aromatic nitrogens is 1. The summed E-state index contributed by atoms with van der Waals surface area (Å²) in [7, 11) is 0. The van der Waals surface area contributed by atoms with Gasteiger partial charge in [0.1, 0.15) is 0 Å². The zero-order valence-corrected chi connectivity index (χ0v) is 14.9. The molecule has 0 spiro atoms. The van der Waals surface area contributed by atoms with E-state index in [4.69, 9.17) is 0 Å². The molecule has 5 nitrogen and oxygen atoms in total. The lowest BCUT2D eigenvalue weighted by atomic mass is 9.92. The van der Waals surface area contributed by atoms with Crippen LogP contribution >= 0.6 is 0 Å². The first-order valence-electron chi connectivity index (χ1n) is 8.60. The smallest absolute Gasteiger partial charge is 0.248 e. The number of Topliss-reactive ketones (excluding diaryl/α,β-unsaturated/α-hetero) is 1. The van der Waals surface area contributed by atoms with Crippen LogP contribution in [0.3, 0.4) is 0 Å². The number of ketones is 1. The Balaban J connectivity index is 1.89. The Hall–Kier alpha value is -2.61. The van der Waals surface area contributed by atoms with Crippen molar-refractivity contribution in [2.24, 2.45) is 11.3 Å². The van der Waals surface area contributed by atoms with Gasteiger partial charge in [-0.15, -0.1) is 0 Å². The summed E-state index contributed by atoms with van der Waals surface area (Å²) in [5.74, 6) is -1.77. The third kappa shape index (κ3) is 3.30. The molecule has 1 fully saturated rings. The minimum Gasteiger partial charge on any atom is -0.361 e. The summed E-state index contributed by atoms with van der Waals surface area (Å²) in [6, 6.07) is 9.23. The van der Waals surface area contributed by atoms with Gasteiger partial charge < -0.3 is 9.88 Å². The van der Waals surface area contributed by atoms with E-state index in [1.165, 1.54) is 0 Å². The molecule has 1 aliphatic heterocycles. The predicted octanol–water partition coefficient (Wildman–Crippen LogP) is 3.07. The predicted molar refractivity (Wildman–Crippen MR) is 95.7 cm³/mol. The van der Waals surface area contributed by atoms with Crippen LogP contribution in [0.4, 0.5) is 0 Å². The molecule has 1 amide bonds. The number of likely N-dealkylation sites (tertiary alicyclic amines) is 1. The van der Waals surface area contributed by atoms with Crippen molar-refractivity contribution < 1.29 is 9.59 Å². The molecule has 2 unspecified atom stereocenters. The number of aromatic amines is 1. The molecular weight excluding hydrogens is 314 g/mol. The molecule has 0 saturated carbocycles. The highest BCUT2D eigenvalue weighted by molar-refractivity contribution is 6.12. The third-order valence-corrected chi connectivity index (χ3v) is 4.84. The number of hydrogen-bond acceptors (Lipinski definition) is 3. The normalized spacial score (nSPS) is 21.1. The largest absolute Gasteiger partial charge is 0.361 e. The number of rotatable bonds is 4. The number of benzene rings is 1. The summed E-state index contributed by atoms with van der Waals surface area (Å²) in [5, 5.41) is 10.3. The number of hydrogen-bond donors (Lipinski definition) is 1. The van der Waals surface area contributed by atoms with Crippen molar-refractivity contribution in [2.75, 3.05) is 6.54 Å². The fraction of sp³-hybridized carbons (Fsp3) is 0.450. The van der Waals surface area contributed by atoms with Crippen molar-refractivity contribution in [3.63, 3.8) is 0 Å². The molecule has 2 heterocycles. The van der Waals surface area contributed by atoms with Gasteiger partial charge in [-0.3, -0.25) is 9.59 Å². The van der Waals surface area contributed by atoms with E-state index in [1.54, 1.807) is 4.90 Å². The number of carbonyl (C=O) groups excluding carboxylic acids is 2. The van der Waals surface area contributed by atoms with Gasteiger partial charge in [0, 0.05) is 30.1 Å². The van der Waals surface area contributed by atoms with Gasteiger partial charge in [-0.05, 0) is 23.5 Å². The van der Waals surface area contributed by atoms with Crippen LogP contribution in [0.5, 0.6) is 0 Å². The highest BCUT2D eigenvalue weighted by atomic mass is 16.2. The van der Waals surface area contributed by atoms with E-state index in [9.17, 15) is 14.9 Å². The van der Waals surface area contributed by atoms with Gasteiger partial charge in [-0.1, -0.05) is 39.0 Å². The van der Waals surface area contributed by atoms with E-state index in [1.807, 2.05) is 36.5 Å². The number of amides is 1. The molecule has 0 bridgehead atoms. The van der Waals surface area contributed by atoms with E-state index < -0.39 is 12.0 Å². The molecular formula is C20H23N3O2. The van der Waals surface area contributed by atoms with Crippen LogP contribution in [0.1, 0.15) is 32.8 Å². The van der Waals surface area contributed by atoms with Gasteiger partial charge in [0.25, 0.3) is 0 Å². The van der Waals surface area contributed by atoms with Gasteiger partial charge in [0.05, 0.1) is 12.1 Å². The zero-order valence-electron chi connectivity index (χ0n) is 14.9. The molecule has 1 saturated heterocycles. The quantitative estimate of drug-likeness (QED) is 0.871. The lowest BCUT2D eigenvalue weighted by Crippen LogP contribution is -2.39. The van der Waals surface area contributed by atoms with Crippen molar-refractivity contribution in [3.8, 4) is 6.07 Å². The maximum Gasteiger partial charge on any atom is 0.248 e. The van der Waals surface area contributed by atoms with Crippen LogP contribution in [0.25, 0.3) is 10.9 Å². The van der Waals surface area contributed by atoms with Crippen molar-refractivity contribution in [2.45, 2.75) is 39.7 Å². The van der Waals surface area contributed by atoms with Crippen LogP contribution in [0.15, 0.2) is 30.5 Å². The van der Waals surface area contributed by atoms with E-state index in [0.29, 0.717) is 13.0 Å². The number of fused-ring (bicyclic) bond motifs is 1. The molecule has 25 heavy (non-hydrogen) atoms. The number of para-hydroxylation sites is 1. The van der Waals surface area contributed by atoms with Gasteiger partial charge in [0.15, 0.2) is 11.7 Å². The minimum atomic E-state index is -1.16. The van der Waals surface area contributed by atoms with Crippen LogP contribution in [-0.4, -0.2) is 34.2 Å². The van der Waals surface area contributed by atoms with E-state index in [2.05, 4.69) is 25.8 Å². The van der Waals surface area contributed by atoms with Crippen LogP contribution < -0.4 is 0 Å². The molecule has 2 aromatic rings. The Labute approximate surface area is 147 Å². The molecule has 2 atom stereocenters. The fourth-order valence-corrected chi connectivity index (χ4v) is 3.35. The van der Waals surface area contributed by atoms with E-state index in [-0.39, 0.29) is 17.1 Å². The van der Waals surface area contributed by atoms with Gasteiger partial charge in [-0.25, -0.2) is 0 Å². The first-order valence-corrected chi connectivity index (χ1v) is 8.60. The molecule has 130 valence electrons. The number of nitrogens with one attached hydrogen (secondary N) is 1. The monoisotopic (exact) mass is 337 g/mol. The molecule has 3 rings (SSSR count). The molecule has 0 radical (unpaired) electrons. The maximum atomic E-state index is 12.6. The standard InChI is InChI=1S/C20H23N3O2/c1-20(2,3)8-9-23-17(18(24)15(11-21)19(23)25)10-13-12-22-16-7-5-4-6-14(13)16/h4-7,12,15,17,22H,8-10H2,1-3H3. The van der Waals surface area contributed by atoms with Crippen LogP contribution in [-0.2, 0) is 16.0 Å². The Morgan fingerprint density at radius 3 is 2.64 bits per heavy atom. The average molecular weight is 337 g/mol. The van der Waals surface area contributed by atoms with Gasteiger partial charge >= 0.3 is 0 Å². The maximum absolute atomic E-state index is 12.6. The fourth-order valence-electron chi connectivity index (χ4n) is 3.35. The summed E-state index contributed by atoms with van der Waals surface area (Å²) in [4.78, 5) is 30.0. The second-order valence-corrected chi connectivity index (χ2v) is 7.89. The van der Waals surface area contributed by atoms with Crippen LogP contribution in [0.2, 0.25) is 0 Å². The van der Waals surface area contributed by atoms with Crippen molar-refractivity contribution in [3.05, 3.63) is 36.0 Å². The molecule has 1 aromatic heterocycles. The Bertz CT molecular complexity index is 854. The Morgan fingerprint density at radius 2 is 1.96 bits per heavy atom. The molecule has 1 aliphatic rings. The first-order chi connectivity index (χ1) is 11.8. The Kier molecular flexibility index (Phi) is 4.38. The summed E-state index contributed by atoms with van der Waals surface area (Å²) >= 11 is 0. The third-order valence-electron chi connectivity index (χ3n) is 4.84. The summed E-state index contributed by atoms with van der Waals surface area (Å²) < 4.78 is 0. The van der Waals surface area contributed by atoms with Crippen molar-refractivity contribution >= 4 is 22.6 Å². The number of nitriles is 1. The number of nitrogens with zero attached hydrogens (tertiary/aromatic N) is 2. The topological polar surface area (TPSA) is 77.0 Å². The Morgan fingerprint density at radius 1 is 1.24 bits per heavy atom. The van der Waals surface area contributed by atoms with E-state index in [0.717, 1.165) is 22.9 Å². The number of carbonyl (C=O) groups is 2. The molecule has 1 N–H and O–H groups in total. The minimum absolute atomic E-state index is 0.0549. The average Bonchev–Trinajstić information content (AvgIpc) is 3.05. The van der Waals surface area contributed by atoms with E-state index >= 15 is 0 Å². The highest BCUT2D eigenvalue weighted by Crippen LogP contribution is 2.29. The van der Waals surface area contributed by atoms with Crippen molar-refractivity contribution in [1.29, 1.82) is 5.26 Å². The second-order valence-electron chi connectivity index (χ2n) is 7.89. The summed E-state index contributed by atoms with van der Waals surface area (Å²) in [6.45, 7) is 6.81. The highest BCUT2D eigenvalue weighted by Gasteiger charge is 2.47. The molecule has 0 aliphatic carbocycles.